The number of ether oxygens (including phenoxy) is 2. The number of allylic oxidation sites excluding steroid dienone is 2. The lowest BCUT2D eigenvalue weighted by Gasteiger charge is -2.34. The van der Waals surface area contributed by atoms with Gasteiger partial charge in [0.1, 0.15) is 11.9 Å². The third-order valence-corrected chi connectivity index (χ3v) is 7.19. The van der Waals surface area contributed by atoms with Crippen LogP contribution in [-0.4, -0.2) is 53.4 Å². The summed E-state index contributed by atoms with van der Waals surface area (Å²) in [5.41, 5.74) is -0.999. The van der Waals surface area contributed by atoms with E-state index in [9.17, 15) is 32.3 Å². The van der Waals surface area contributed by atoms with Crippen LogP contribution in [0, 0.1) is 0 Å². The quantitative estimate of drug-likeness (QED) is 0.255. The SMILES string of the molecule is C/C=C1\C(=C/C2=C=C(F)C2(O)C(F)(F)F)CC[C@H](Oc2cccc(C(=O)OC)c2)CN1C(=O)[C@@H](C)c1ccccc1. The van der Waals surface area contributed by atoms with Gasteiger partial charge in [-0.05, 0) is 62.1 Å². The van der Waals surface area contributed by atoms with E-state index < -0.39 is 41.2 Å². The highest BCUT2D eigenvalue weighted by atomic mass is 19.4. The number of alkyl halides is 3. The van der Waals surface area contributed by atoms with Crippen molar-refractivity contribution in [1.29, 1.82) is 0 Å². The molecule has 1 N–H and O–H groups in total. The fraction of sp³-hybridized carbons (Fsp3) is 0.323. The highest BCUT2D eigenvalue weighted by molar-refractivity contribution is 5.89. The van der Waals surface area contributed by atoms with Crippen molar-refractivity contribution >= 4 is 11.9 Å². The normalized spacial score (nSPS) is 23.7. The van der Waals surface area contributed by atoms with E-state index in [1.54, 1.807) is 62.4 Å². The van der Waals surface area contributed by atoms with E-state index in [1.165, 1.54) is 18.1 Å². The number of aliphatic hydroxyl groups is 1. The van der Waals surface area contributed by atoms with Crippen molar-refractivity contribution < 1.29 is 41.7 Å². The zero-order valence-corrected chi connectivity index (χ0v) is 22.7. The lowest BCUT2D eigenvalue weighted by atomic mass is 9.82. The molecule has 4 rings (SSSR count). The van der Waals surface area contributed by atoms with Crippen LogP contribution in [0.2, 0.25) is 0 Å². The molecule has 0 radical (unpaired) electrons. The van der Waals surface area contributed by atoms with Gasteiger partial charge in [-0.3, -0.25) is 4.79 Å². The summed E-state index contributed by atoms with van der Waals surface area (Å²) >= 11 is 0. The molecule has 2 aliphatic rings. The summed E-state index contributed by atoms with van der Waals surface area (Å²) in [6.45, 7) is 3.41. The molecule has 1 heterocycles. The molecule has 0 bridgehead atoms. The summed E-state index contributed by atoms with van der Waals surface area (Å²) in [6.07, 6.45) is -2.87. The molecule has 6 nitrogen and oxygen atoms in total. The number of hydrogen-bond donors (Lipinski definition) is 1. The van der Waals surface area contributed by atoms with Gasteiger partial charge in [0.15, 0.2) is 5.83 Å². The molecular weight excluding hydrogens is 542 g/mol. The van der Waals surface area contributed by atoms with Gasteiger partial charge in [0.25, 0.3) is 5.60 Å². The van der Waals surface area contributed by atoms with Crippen molar-refractivity contribution in [3.63, 3.8) is 0 Å². The molecule has 0 aromatic heterocycles. The lowest BCUT2D eigenvalue weighted by Crippen LogP contribution is -2.50. The Kier molecular flexibility index (Phi) is 8.56. The first kappa shape index (κ1) is 29.8. The number of methoxy groups -OCH3 is 1. The second-order valence-corrected chi connectivity index (χ2v) is 9.78. The van der Waals surface area contributed by atoms with Crippen molar-refractivity contribution in [2.24, 2.45) is 0 Å². The standard InChI is InChI=1S/C31H29F4NO5/c1-4-26-21(15-23-17-27(32)30(23,39)31(33,34)35)13-14-25(41-24-12-8-11-22(16-24)29(38)40-3)18-36(26)28(37)19(2)20-9-6-5-7-10-20/h4-12,15-16,19,25,39H,13-14,18H2,1-3H3/b21-15-,26-4+/t19-,25-,30?/m0/s1. The molecular formula is C31H29F4NO5. The summed E-state index contributed by atoms with van der Waals surface area (Å²) in [7, 11) is 1.25. The highest BCUT2D eigenvalue weighted by Gasteiger charge is 2.63. The Morgan fingerprint density at radius 3 is 2.49 bits per heavy atom. The fourth-order valence-corrected chi connectivity index (χ4v) is 4.87. The zero-order chi connectivity index (χ0) is 29.9. The van der Waals surface area contributed by atoms with Gasteiger partial charge in [0.05, 0.1) is 25.1 Å². The van der Waals surface area contributed by atoms with Gasteiger partial charge in [-0.1, -0.05) is 48.2 Å². The minimum atomic E-state index is -5.29. The topological polar surface area (TPSA) is 76.1 Å². The summed E-state index contributed by atoms with van der Waals surface area (Å²) in [5, 5.41) is 10.1. The van der Waals surface area contributed by atoms with Gasteiger partial charge in [-0.2, -0.15) is 17.6 Å². The third kappa shape index (κ3) is 5.85. The molecule has 1 amide bonds. The maximum absolute atomic E-state index is 13.9. The monoisotopic (exact) mass is 571 g/mol. The maximum atomic E-state index is 13.9. The Bertz CT molecular complexity index is 1460. The molecule has 216 valence electrons. The zero-order valence-electron chi connectivity index (χ0n) is 22.7. The molecule has 1 unspecified atom stereocenters. The van der Waals surface area contributed by atoms with Crippen LogP contribution >= 0.6 is 0 Å². The molecule has 3 atom stereocenters. The highest BCUT2D eigenvalue weighted by Crippen LogP contribution is 2.48. The Balaban J connectivity index is 1.73. The van der Waals surface area contributed by atoms with E-state index >= 15 is 0 Å². The van der Waals surface area contributed by atoms with Gasteiger partial charge >= 0.3 is 12.1 Å². The number of amides is 1. The van der Waals surface area contributed by atoms with Crippen LogP contribution in [0.15, 0.2) is 95.2 Å². The first-order chi connectivity index (χ1) is 19.4. The molecule has 1 saturated heterocycles. The number of rotatable bonds is 6. The van der Waals surface area contributed by atoms with E-state index in [-0.39, 0.29) is 36.4 Å². The number of halogens is 4. The van der Waals surface area contributed by atoms with Gasteiger partial charge < -0.3 is 19.5 Å². The van der Waals surface area contributed by atoms with Gasteiger partial charge in [-0.15, -0.1) is 0 Å². The number of likely N-dealkylation sites (tertiary alicyclic amines) is 1. The van der Waals surface area contributed by atoms with Crippen molar-refractivity contribution in [1.82, 2.24) is 4.90 Å². The van der Waals surface area contributed by atoms with Crippen LogP contribution in [-0.2, 0) is 9.53 Å². The minimum Gasteiger partial charge on any atom is -0.489 e. The smallest absolute Gasteiger partial charge is 0.429 e. The number of carbonyl (C=O) groups excluding carboxylic acids is 2. The van der Waals surface area contributed by atoms with Crippen LogP contribution in [0.25, 0.3) is 0 Å². The molecule has 1 aliphatic carbocycles. The van der Waals surface area contributed by atoms with Crippen molar-refractivity contribution in [2.45, 2.75) is 50.5 Å². The molecule has 0 saturated carbocycles. The van der Waals surface area contributed by atoms with Crippen LogP contribution in [0.4, 0.5) is 17.6 Å². The lowest BCUT2D eigenvalue weighted by molar-refractivity contribution is -0.237. The van der Waals surface area contributed by atoms with Crippen LogP contribution in [0.3, 0.4) is 0 Å². The number of benzene rings is 2. The first-order valence-corrected chi connectivity index (χ1v) is 13.0. The summed E-state index contributed by atoms with van der Waals surface area (Å²) in [6, 6.07) is 15.3. The van der Waals surface area contributed by atoms with Crippen molar-refractivity contribution in [3.05, 3.63) is 106 Å². The van der Waals surface area contributed by atoms with Gasteiger partial charge in [0, 0.05) is 11.3 Å². The summed E-state index contributed by atoms with van der Waals surface area (Å²) in [4.78, 5) is 27.3. The molecule has 10 heteroatoms. The molecule has 1 fully saturated rings. The maximum Gasteiger partial charge on any atom is 0.429 e. The predicted octanol–water partition coefficient (Wildman–Crippen LogP) is 6.16. The molecule has 2 aromatic rings. The molecule has 2 aromatic carbocycles. The second-order valence-electron chi connectivity index (χ2n) is 9.78. The van der Waals surface area contributed by atoms with E-state index in [0.717, 1.165) is 11.6 Å². The molecule has 1 aliphatic heterocycles. The minimum absolute atomic E-state index is 0.0439. The molecule has 0 spiro atoms. The van der Waals surface area contributed by atoms with Gasteiger partial charge in [-0.25, -0.2) is 4.79 Å². The van der Waals surface area contributed by atoms with Crippen molar-refractivity contribution in [2.75, 3.05) is 13.7 Å². The number of esters is 1. The fourth-order valence-electron chi connectivity index (χ4n) is 4.87. The number of nitrogens with zero attached hydrogens (tertiary/aromatic N) is 1. The Hall–Kier alpha value is -4.14. The Morgan fingerprint density at radius 2 is 1.88 bits per heavy atom. The van der Waals surface area contributed by atoms with E-state index in [4.69, 9.17) is 9.47 Å². The third-order valence-electron chi connectivity index (χ3n) is 7.19. The summed E-state index contributed by atoms with van der Waals surface area (Å²) < 4.78 is 65.6. The van der Waals surface area contributed by atoms with E-state index in [2.05, 4.69) is 0 Å². The van der Waals surface area contributed by atoms with E-state index in [0.29, 0.717) is 11.4 Å². The predicted molar refractivity (Wildman–Crippen MR) is 142 cm³/mol. The largest absolute Gasteiger partial charge is 0.489 e. The summed E-state index contributed by atoms with van der Waals surface area (Å²) in [5.74, 6) is -2.97. The van der Waals surface area contributed by atoms with Gasteiger partial charge in [0.2, 0.25) is 5.91 Å². The van der Waals surface area contributed by atoms with Crippen molar-refractivity contribution in [3.8, 4) is 5.75 Å². The average molecular weight is 572 g/mol. The first-order valence-electron chi connectivity index (χ1n) is 13.0. The van der Waals surface area contributed by atoms with Crippen LogP contribution < -0.4 is 4.74 Å². The Labute approximate surface area is 234 Å². The second kappa shape index (κ2) is 11.8. The number of hydrogen-bond acceptors (Lipinski definition) is 5. The number of carbonyl (C=O) groups is 2. The van der Waals surface area contributed by atoms with Crippen LogP contribution in [0.5, 0.6) is 5.75 Å². The molecule has 41 heavy (non-hydrogen) atoms. The van der Waals surface area contributed by atoms with E-state index in [1.807, 2.05) is 11.8 Å². The average Bonchev–Trinajstić information content (AvgIpc) is 3.14. The Morgan fingerprint density at radius 1 is 1.17 bits per heavy atom. The van der Waals surface area contributed by atoms with Crippen LogP contribution in [0.1, 0.15) is 48.5 Å².